The molecule has 1 aromatic heterocycles. The molecule has 0 radical (unpaired) electrons. The van der Waals surface area contributed by atoms with Gasteiger partial charge in [-0.05, 0) is 11.4 Å². The van der Waals surface area contributed by atoms with E-state index in [0.29, 0.717) is 5.84 Å². The van der Waals surface area contributed by atoms with E-state index in [4.69, 9.17) is 5.73 Å². The van der Waals surface area contributed by atoms with Crippen LogP contribution < -0.4 is 5.73 Å². The van der Waals surface area contributed by atoms with Crippen LogP contribution >= 0.6 is 11.3 Å². The summed E-state index contributed by atoms with van der Waals surface area (Å²) in [5.74, 6) is 0.693. The minimum atomic E-state index is 0.693. The highest BCUT2D eigenvalue weighted by Crippen LogP contribution is 2.15. The third-order valence-corrected chi connectivity index (χ3v) is 1.81. The normalized spacial score (nSPS) is 11.9. The first-order chi connectivity index (χ1) is 4.83. The van der Waals surface area contributed by atoms with Gasteiger partial charge in [-0.1, -0.05) is 6.92 Å². The van der Waals surface area contributed by atoms with Gasteiger partial charge >= 0.3 is 0 Å². The van der Waals surface area contributed by atoms with Crippen molar-refractivity contribution in [1.29, 1.82) is 0 Å². The fourth-order valence-electron chi connectivity index (χ4n) is 0.566. The number of rotatable bonds is 2. The zero-order valence-corrected chi connectivity index (χ0v) is 6.69. The molecule has 0 aliphatic carbocycles. The largest absolute Gasteiger partial charge is 0.387 e. The molecule has 10 heavy (non-hydrogen) atoms. The molecular weight excluding hydrogens is 144 g/mol. The fourth-order valence-corrected chi connectivity index (χ4v) is 1.13. The predicted octanol–water partition coefficient (Wildman–Crippen LogP) is 2.15. The van der Waals surface area contributed by atoms with Gasteiger partial charge in [0.1, 0.15) is 0 Å². The fraction of sp³-hybridized carbons (Fsp3) is 0.286. The smallest absolute Gasteiger partial charge is 0.0993 e. The summed E-state index contributed by atoms with van der Waals surface area (Å²) in [4.78, 5) is 4.14. The maximum absolute atomic E-state index is 5.52. The van der Waals surface area contributed by atoms with Crippen molar-refractivity contribution in [3.05, 3.63) is 16.8 Å². The van der Waals surface area contributed by atoms with E-state index in [1.807, 2.05) is 23.8 Å². The Bertz CT molecular complexity index is 214. The van der Waals surface area contributed by atoms with Crippen molar-refractivity contribution < 1.29 is 0 Å². The van der Waals surface area contributed by atoms with Gasteiger partial charge in [-0.25, -0.2) is 4.99 Å². The maximum Gasteiger partial charge on any atom is 0.0993 e. The van der Waals surface area contributed by atoms with Gasteiger partial charge in [0.25, 0.3) is 0 Å². The zero-order valence-electron chi connectivity index (χ0n) is 5.87. The molecule has 1 rings (SSSR count). The van der Waals surface area contributed by atoms with E-state index in [1.54, 1.807) is 11.3 Å². The van der Waals surface area contributed by atoms with Gasteiger partial charge in [-0.2, -0.15) is 11.3 Å². The lowest BCUT2D eigenvalue weighted by atomic mass is 10.4. The first kappa shape index (κ1) is 7.28. The molecule has 0 aliphatic rings. The molecule has 0 atom stereocenters. The predicted molar refractivity (Wildman–Crippen MR) is 45.9 cm³/mol. The molecule has 0 fully saturated rings. The highest BCUT2D eigenvalue weighted by Gasteiger charge is 1.89. The molecule has 0 spiro atoms. The third kappa shape index (κ3) is 1.84. The van der Waals surface area contributed by atoms with Crippen molar-refractivity contribution in [1.82, 2.24) is 0 Å². The summed E-state index contributed by atoms with van der Waals surface area (Å²) in [6.07, 6.45) is 0.815. The van der Waals surface area contributed by atoms with Crippen molar-refractivity contribution >= 4 is 22.9 Å². The molecular formula is C7H10N2S. The average molecular weight is 154 g/mol. The van der Waals surface area contributed by atoms with Gasteiger partial charge in [0.2, 0.25) is 0 Å². The minimum absolute atomic E-state index is 0.693. The number of hydrogen-bond donors (Lipinski definition) is 1. The van der Waals surface area contributed by atoms with Gasteiger partial charge < -0.3 is 5.73 Å². The molecule has 0 unspecified atom stereocenters. The van der Waals surface area contributed by atoms with Crippen LogP contribution in [0.4, 0.5) is 5.69 Å². The molecule has 0 bridgehead atoms. The summed E-state index contributed by atoms with van der Waals surface area (Å²) in [7, 11) is 0. The Balaban J connectivity index is 2.71. The van der Waals surface area contributed by atoms with Crippen molar-refractivity contribution in [2.45, 2.75) is 13.3 Å². The molecule has 54 valence electrons. The zero-order chi connectivity index (χ0) is 7.40. The quantitative estimate of drug-likeness (QED) is 0.514. The molecule has 0 saturated heterocycles. The third-order valence-electron chi connectivity index (χ3n) is 1.14. The SMILES string of the molecule is CCC(N)=Nc1ccsc1. The second kappa shape index (κ2) is 3.37. The molecule has 3 heteroatoms. The Hall–Kier alpha value is -0.830. The van der Waals surface area contributed by atoms with E-state index in [0.717, 1.165) is 12.1 Å². The van der Waals surface area contributed by atoms with Crippen LogP contribution in [0, 0.1) is 0 Å². The molecule has 0 aromatic carbocycles. The van der Waals surface area contributed by atoms with Crippen molar-refractivity contribution in [3.63, 3.8) is 0 Å². The van der Waals surface area contributed by atoms with E-state index in [9.17, 15) is 0 Å². The number of nitrogens with zero attached hydrogens (tertiary/aromatic N) is 1. The van der Waals surface area contributed by atoms with Crippen LogP contribution in [0.15, 0.2) is 21.8 Å². The van der Waals surface area contributed by atoms with E-state index >= 15 is 0 Å². The van der Waals surface area contributed by atoms with Gasteiger partial charge in [0.15, 0.2) is 0 Å². The molecule has 1 heterocycles. The van der Waals surface area contributed by atoms with Crippen molar-refractivity contribution in [3.8, 4) is 0 Å². The Morgan fingerprint density at radius 2 is 2.60 bits per heavy atom. The topological polar surface area (TPSA) is 38.4 Å². The summed E-state index contributed by atoms with van der Waals surface area (Å²) >= 11 is 1.63. The Kier molecular flexibility index (Phi) is 2.45. The number of thiophene rings is 1. The molecule has 2 nitrogen and oxygen atoms in total. The van der Waals surface area contributed by atoms with E-state index in [-0.39, 0.29) is 0 Å². The van der Waals surface area contributed by atoms with Crippen molar-refractivity contribution in [2.75, 3.05) is 0 Å². The molecule has 0 amide bonds. The van der Waals surface area contributed by atoms with Crippen LogP contribution in [0.3, 0.4) is 0 Å². The summed E-state index contributed by atoms with van der Waals surface area (Å²) < 4.78 is 0. The molecule has 0 aliphatic heterocycles. The number of nitrogens with two attached hydrogens (primary N) is 1. The molecule has 2 N–H and O–H groups in total. The second-order valence-electron chi connectivity index (χ2n) is 1.94. The van der Waals surface area contributed by atoms with Crippen LogP contribution in [0.2, 0.25) is 0 Å². The van der Waals surface area contributed by atoms with Crippen LogP contribution in [-0.4, -0.2) is 5.84 Å². The standard InChI is InChI=1S/C7H10N2S/c1-2-7(8)9-6-3-4-10-5-6/h3-5H,2H2,1H3,(H2,8,9). The van der Waals surface area contributed by atoms with Gasteiger partial charge in [-0.3, -0.25) is 0 Å². The lowest BCUT2D eigenvalue weighted by Crippen LogP contribution is -2.08. The first-order valence-electron chi connectivity index (χ1n) is 3.18. The van der Waals surface area contributed by atoms with E-state index in [2.05, 4.69) is 4.99 Å². The Morgan fingerprint density at radius 1 is 1.80 bits per heavy atom. The van der Waals surface area contributed by atoms with Crippen LogP contribution in [0.5, 0.6) is 0 Å². The van der Waals surface area contributed by atoms with Crippen molar-refractivity contribution in [2.24, 2.45) is 10.7 Å². The monoisotopic (exact) mass is 154 g/mol. The van der Waals surface area contributed by atoms with Gasteiger partial charge in [0.05, 0.1) is 11.5 Å². The minimum Gasteiger partial charge on any atom is -0.387 e. The highest BCUT2D eigenvalue weighted by molar-refractivity contribution is 7.08. The summed E-state index contributed by atoms with van der Waals surface area (Å²) in [5, 5.41) is 3.96. The average Bonchev–Trinajstić information content (AvgIpc) is 2.40. The van der Waals surface area contributed by atoms with Gasteiger partial charge in [0, 0.05) is 11.8 Å². The maximum atomic E-state index is 5.52. The summed E-state index contributed by atoms with van der Waals surface area (Å²) in [5.41, 5.74) is 6.48. The van der Waals surface area contributed by atoms with E-state index in [1.165, 1.54) is 0 Å². The first-order valence-corrected chi connectivity index (χ1v) is 4.12. The highest BCUT2D eigenvalue weighted by atomic mass is 32.1. The summed E-state index contributed by atoms with van der Waals surface area (Å²) in [6, 6.07) is 1.95. The molecule has 0 saturated carbocycles. The lowest BCUT2D eigenvalue weighted by Gasteiger charge is -1.90. The van der Waals surface area contributed by atoms with Crippen LogP contribution in [0.1, 0.15) is 13.3 Å². The second-order valence-corrected chi connectivity index (χ2v) is 2.72. The lowest BCUT2D eigenvalue weighted by molar-refractivity contribution is 1.24. The number of amidine groups is 1. The number of hydrogen-bond acceptors (Lipinski definition) is 2. The number of aliphatic imine (C=N–C) groups is 1. The van der Waals surface area contributed by atoms with Crippen LogP contribution in [0.25, 0.3) is 0 Å². The Morgan fingerprint density at radius 3 is 3.10 bits per heavy atom. The molecule has 1 aromatic rings. The Labute approximate surface area is 64.4 Å². The van der Waals surface area contributed by atoms with E-state index < -0.39 is 0 Å². The van der Waals surface area contributed by atoms with Gasteiger partial charge in [-0.15, -0.1) is 0 Å². The summed E-state index contributed by atoms with van der Waals surface area (Å²) in [6.45, 7) is 1.99. The van der Waals surface area contributed by atoms with Crippen LogP contribution in [-0.2, 0) is 0 Å².